The summed E-state index contributed by atoms with van der Waals surface area (Å²) < 4.78 is 54.0. The number of alkyl halides is 3. The first-order valence-corrected chi connectivity index (χ1v) is 8.70. The molecule has 9 heteroatoms. The van der Waals surface area contributed by atoms with E-state index in [1.807, 2.05) is 0 Å². The highest BCUT2D eigenvalue weighted by Crippen LogP contribution is 2.30. The van der Waals surface area contributed by atoms with Crippen molar-refractivity contribution in [1.82, 2.24) is 9.88 Å². The van der Waals surface area contributed by atoms with E-state index in [1.54, 1.807) is 0 Å². The molecule has 1 aromatic heterocycles. The Morgan fingerprint density at radius 3 is 2.33 bits per heavy atom. The Kier molecular flexibility index (Phi) is 5.64. The predicted molar refractivity (Wildman–Crippen MR) is 101 cm³/mol. The smallest absolute Gasteiger partial charge is 0.416 e. The van der Waals surface area contributed by atoms with Crippen LogP contribution in [-0.4, -0.2) is 21.6 Å². The molecule has 2 N–H and O–H groups in total. The Balaban J connectivity index is 1.94. The molecule has 156 valence electrons. The van der Waals surface area contributed by atoms with E-state index in [2.05, 4.69) is 11.9 Å². The van der Waals surface area contributed by atoms with Crippen molar-refractivity contribution in [2.75, 3.05) is 0 Å². The van der Waals surface area contributed by atoms with Crippen molar-refractivity contribution >= 4 is 22.8 Å². The molecule has 0 bridgehead atoms. The van der Waals surface area contributed by atoms with Crippen molar-refractivity contribution in [3.63, 3.8) is 0 Å². The Morgan fingerprint density at radius 2 is 1.73 bits per heavy atom. The zero-order valence-electron chi connectivity index (χ0n) is 15.5. The third-order valence-electron chi connectivity index (χ3n) is 4.41. The zero-order chi connectivity index (χ0) is 22.1. The fourth-order valence-electron chi connectivity index (χ4n) is 3.06. The second-order valence-electron chi connectivity index (χ2n) is 6.62. The van der Waals surface area contributed by atoms with E-state index >= 15 is 0 Å². The van der Waals surface area contributed by atoms with E-state index in [0.29, 0.717) is 5.56 Å². The number of carboxylic acid groups (broad SMARTS) is 1. The molecule has 30 heavy (non-hydrogen) atoms. The minimum Gasteiger partial charge on any atom is -0.481 e. The molecule has 0 spiro atoms. The van der Waals surface area contributed by atoms with Gasteiger partial charge in [0, 0.05) is 23.8 Å². The van der Waals surface area contributed by atoms with Crippen molar-refractivity contribution in [2.24, 2.45) is 0 Å². The number of amides is 1. The Morgan fingerprint density at radius 1 is 1.07 bits per heavy atom. The molecule has 2 aromatic carbocycles. The van der Waals surface area contributed by atoms with Gasteiger partial charge in [0.05, 0.1) is 23.1 Å². The number of hydrogen-bond donors (Lipinski definition) is 2. The minimum atomic E-state index is -4.45. The lowest BCUT2D eigenvalue weighted by molar-refractivity contribution is -0.138. The maximum atomic E-state index is 14.2. The number of hydrogen-bond acceptors (Lipinski definition) is 2. The van der Waals surface area contributed by atoms with Crippen molar-refractivity contribution in [3.8, 4) is 0 Å². The highest BCUT2D eigenvalue weighted by atomic mass is 19.4. The fraction of sp³-hybridized carbons (Fsp3) is 0.143. The second-order valence-corrected chi connectivity index (χ2v) is 6.62. The Hall–Kier alpha value is -3.62. The van der Waals surface area contributed by atoms with Gasteiger partial charge in [-0.2, -0.15) is 13.2 Å². The number of nitrogens with zero attached hydrogens (tertiary/aromatic N) is 1. The average Bonchev–Trinajstić information content (AvgIpc) is 3.05. The highest BCUT2D eigenvalue weighted by molar-refractivity contribution is 6.06. The Bertz CT molecular complexity index is 1130. The summed E-state index contributed by atoms with van der Waals surface area (Å²) in [6, 6.07) is 8.34. The number of aliphatic carboxylic acids is 1. The van der Waals surface area contributed by atoms with Crippen molar-refractivity contribution in [3.05, 3.63) is 83.4 Å². The largest absolute Gasteiger partial charge is 0.481 e. The van der Waals surface area contributed by atoms with Gasteiger partial charge in [-0.3, -0.25) is 9.59 Å². The van der Waals surface area contributed by atoms with Crippen LogP contribution in [0.15, 0.2) is 60.9 Å². The first-order chi connectivity index (χ1) is 14.1. The maximum Gasteiger partial charge on any atom is 0.416 e. The van der Waals surface area contributed by atoms with Crippen LogP contribution in [0.25, 0.3) is 10.9 Å². The summed E-state index contributed by atoms with van der Waals surface area (Å²) in [7, 11) is 0. The summed E-state index contributed by atoms with van der Waals surface area (Å²) in [6.07, 6.45) is -3.40. The maximum absolute atomic E-state index is 14.2. The first-order valence-electron chi connectivity index (χ1n) is 8.70. The number of fused-ring (bicyclic) bond motifs is 1. The van der Waals surface area contributed by atoms with Gasteiger partial charge in [0.25, 0.3) is 5.91 Å². The summed E-state index contributed by atoms with van der Waals surface area (Å²) in [5.41, 5.74) is 0.00858. The third kappa shape index (κ3) is 4.51. The number of carbonyl (C=O) groups excluding carboxylic acids is 1. The molecule has 0 aliphatic rings. The summed E-state index contributed by atoms with van der Waals surface area (Å²) >= 11 is 0. The van der Waals surface area contributed by atoms with E-state index in [-0.39, 0.29) is 28.7 Å². The summed E-state index contributed by atoms with van der Waals surface area (Å²) in [5, 5.41) is 11.3. The molecule has 5 nitrogen and oxygen atoms in total. The molecule has 0 radical (unpaired) electrons. The van der Waals surface area contributed by atoms with Gasteiger partial charge in [0.1, 0.15) is 5.82 Å². The number of benzene rings is 2. The molecule has 0 aliphatic carbocycles. The van der Waals surface area contributed by atoms with Crippen LogP contribution in [0, 0.1) is 5.82 Å². The monoisotopic (exact) mass is 420 g/mol. The molecule has 1 amide bonds. The van der Waals surface area contributed by atoms with E-state index in [0.717, 1.165) is 18.2 Å². The molecule has 3 rings (SSSR count). The molecule has 3 aromatic rings. The van der Waals surface area contributed by atoms with Crippen molar-refractivity contribution in [2.45, 2.75) is 19.1 Å². The van der Waals surface area contributed by atoms with E-state index in [4.69, 9.17) is 5.11 Å². The normalized spacial score (nSPS) is 11.5. The van der Waals surface area contributed by atoms with E-state index < -0.39 is 35.9 Å². The molecule has 0 saturated carbocycles. The van der Waals surface area contributed by atoms with Gasteiger partial charge in [-0.1, -0.05) is 18.7 Å². The second kappa shape index (κ2) is 8.02. The van der Waals surface area contributed by atoms with Crippen LogP contribution in [0.5, 0.6) is 0 Å². The molecule has 1 heterocycles. The summed E-state index contributed by atoms with van der Waals surface area (Å²) in [5.74, 6) is -2.41. The lowest BCUT2D eigenvalue weighted by Crippen LogP contribution is -2.24. The van der Waals surface area contributed by atoms with E-state index in [9.17, 15) is 27.2 Å². The molecular weight excluding hydrogens is 404 g/mol. The van der Waals surface area contributed by atoms with Crippen LogP contribution < -0.4 is 5.32 Å². The number of carbonyl (C=O) groups is 2. The number of carboxylic acids is 1. The molecule has 0 fully saturated rings. The van der Waals surface area contributed by atoms with Crippen molar-refractivity contribution < 1.29 is 32.3 Å². The number of nitrogens with one attached hydrogen (secondary N) is 1. The SMILES string of the molecule is C=C(CC(=O)O)NC(=O)c1ccc(F)c2ccn(Cc3ccc(C(F)(F)F)cc3)c12. The molecule has 0 aliphatic heterocycles. The topological polar surface area (TPSA) is 71.3 Å². The lowest BCUT2D eigenvalue weighted by Gasteiger charge is -2.12. The van der Waals surface area contributed by atoms with Gasteiger partial charge in [0.2, 0.25) is 0 Å². The van der Waals surface area contributed by atoms with Gasteiger partial charge in [-0.15, -0.1) is 0 Å². The van der Waals surface area contributed by atoms with Crippen LogP contribution in [0.4, 0.5) is 17.6 Å². The van der Waals surface area contributed by atoms with Crippen LogP contribution >= 0.6 is 0 Å². The minimum absolute atomic E-state index is 0.0363. The molecular formula is C21H16F4N2O3. The fourth-order valence-corrected chi connectivity index (χ4v) is 3.06. The highest BCUT2D eigenvalue weighted by Gasteiger charge is 2.30. The summed E-state index contributed by atoms with van der Waals surface area (Å²) in [4.78, 5) is 23.3. The number of rotatable bonds is 6. The standard InChI is InChI=1S/C21H16F4N2O3/c1-12(10-18(28)29)26-20(30)16-6-7-17(22)15-8-9-27(19(15)16)11-13-2-4-14(5-3-13)21(23,24)25/h2-9H,1,10-11H2,(H,26,30)(H,28,29). The molecule has 0 atom stereocenters. The average molecular weight is 420 g/mol. The molecule has 0 saturated heterocycles. The lowest BCUT2D eigenvalue weighted by atomic mass is 10.1. The van der Waals surface area contributed by atoms with Crippen LogP contribution in [-0.2, 0) is 17.5 Å². The van der Waals surface area contributed by atoms with Gasteiger partial charge in [-0.25, -0.2) is 4.39 Å². The van der Waals surface area contributed by atoms with Gasteiger partial charge in [0.15, 0.2) is 0 Å². The number of halogens is 4. The van der Waals surface area contributed by atoms with Crippen LogP contribution in [0.3, 0.4) is 0 Å². The van der Waals surface area contributed by atoms with Gasteiger partial charge in [-0.05, 0) is 35.9 Å². The first kappa shape index (κ1) is 21.1. The van der Waals surface area contributed by atoms with Gasteiger partial charge < -0.3 is 15.0 Å². The predicted octanol–water partition coefficient (Wildman–Crippen LogP) is 4.57. The van der Waals surface area contributed by atoms with Crippen LogP contribution in [0.2, 0.25) is 0 Å². The van der Waals surface area contributed by atoms with Crippen molar-refractivity contribution in [1.29, 1.82) is 0 Å². The zero-order valence-corrected chi connectivity index (χ0v) is 15.5. The molecule has 0 unspecified atom stereocenters. The van der Waals surface area contributed by atoms with Crippen LogP contribution in [0.1, 0.15) is 27.9 Å². The van der Waals surface area contributed by atoms with E-state index in [1.165, 1.54) is 35.0 Å². The third-order valence-corrected chi connectivity index (χ3v) is 4.41. The Labute approximate surface area is 168 Å². The summed E-state index contributed by atoms with van der Waals surface area (Å²) in [6.45, 7) is 3.58. The quantitative estimate of drug-likeness (QED) is 0.574. The number of aromatic nitrogens is 1. The van der Waals surface area contributed by atoms with Gasteiger partial charge >= 0.3 is 12.1 Å².